The summed E-state index contributed by atoms with van der Waals surface area (Å²) in [5.74, 6) is -1.35. The highest BCUT2D eigenvalue weighted by Gasteiger charge is 2.15. The first-order chi connectivity index (χ1) is 13.4. The molecule has 2 aromatic rings. The largest absolute Gasteiger partial charge is 0.497 e. The number of anilines is 1. The summed E-state index contributed by atoms with van der Waals surface area (Å²) >= 11 is 0. The van der Waals surface area contributed by atoms with Crippen LogP contribution in [0.5, 0.6) is 5.75 Å². The van der Waals surface area contributed by atoms with Gasteiger partial charge in [0.15, 0.2) is 6.61 Å². The minimum Gasteiger partial charge on any atom is -0.497 e. The normalized spacial score (nSPS) is 10.1. The van der Waals surface area contributed by atoms with Gasteiger partial charge in [0.2, 0.25) is 5.91 Å². The first-order valence-corrected chi connectivity index (χ1v) is 8.45. The summed E-state index contributed by atoms with van der Waals surface area (Å²) in [6, 6.07) is 12.2. The number of ether oxygens (including phenoxy) is 2. The summed E-state index contributed by atoms with van der Waals surface area (Å²) in [5, 5.41) is 2.65. The van der Waals surface area contributed by atoms with Crippen LogP contribution in [0.3, 0.4) is 0 Å². The van der Waals surface area contributed by atoms with E-state index in [1.807, 2.05) is 0 Å². The Bertz CT molecular complexity index is 839. The highest BCUT2D eigenvalue weighted by molar-refractivity contribution is 5.95. The first-order valence-electron chi connectivity index (χ1n) is 8.45. The smallest absolute Gasteiger partial charge is 0.310 e. The van der Waals surface area contributed by atoms with Gasteiger partial charge in [-0.05, 0) is 29.8 Å². The van der Waals surface area contributed by atoms with Gasteiger partial charge in [-0.3, -0.25) is 14.4 Å². The Balaban J connectivity index is 1.76. The second kappa shape index (κ2) is 10.1. The first kappa shape index (κ1) is 20.9. The molecule has 0 atom stereocenters. The van der Waals surface area contributed by atoms with E-state index in [9.17, 15) is 18.8 Å². The Labute approximate surface area is 162 Å². The molecule has 0 aliphatic carbocycles. The molecule has 0 unspecified atom stereocenters. The number of rotatable bonds is 8. The summed E-state index contributed by atoms with van der Waals surface area (Å²) in [5.41, 5.74) is 1.11. The minimum absolute atomic E-state index is 0.0758. The van der Waals surface area contributed by atoms with Gasteiger partial charge in [-0.25, -0.2) is 4.39 Å². The van der Waals surface area contributed by atoms with Crippen molar-refractivity contribution in [2.75, 3.05) is 32.6 Å². The molecule has 0 radical (unpaired) electrons. The SMILES string of the molecule is COc1cccc(NC(=O)CN(C)C(=O)COC(=O)Cc2ccc(F)cc2)c1. The van der Waals surface area contributed by atoms with E-state index in [-0.39, 0.29) is 13.0 Å². The Morgan fingerprint density at radius 3 is 2.50 bits per heavy atom. The van der Waals surface area contributed by atoms with Crippen molar-refractivity contribution in [2.24, 2.45) is 0 Å². The molecule has 0 heterocycles. The standard InChI is InChI=1S/C20H21FN2O5/c1-23(12-18(24)22-16-4-3-5-17(11-16)27-2)19(25)13-28-20(26)10-14-6-8-15(21)9-7-14/h3-9,11H,10,12-13H2,1-2H3,(H,22,24). The highest BCUT2D eigenvalue weighted by atomic mass is 19.1. The number of carbonyl (C=O) groups excluding carboxylic acids is 3. The van der Waals surface area contributed by atoms with Gasteiger partial charge in [-0.1, -0.05) is 18.2 Å². The third-order valence-corrected chi connectivity index (χ3v) is 3.78. The van der Waals surface area contributed by atoms with Crippen LogP contribution in [0.15, 0.2) is 48.5 Å². The molecule has 0 fully saturated rings. The topological polar surface area (TPSA) is 84.9 Å². The molecule has 0 aliphatic heterocycles. The van der Waals surface area contributed by atoms with Crippen LogP contribution in [0.4, 0.5) is 10.1 Å². The molecule has 7 nitrogen and oxygen atoms in total. The summed E-state index contributed by atoms with van der Waals surface area (Å²) < 4.78 is 22.8. The number of amides is 2. The van der Waals surface area contributed by atoms with Crippen molar-refractivity contribution in [3.05, 3.63) is 59.9 Å². The zero-order valence-corrected chi connectivity index (χ0v) is 15.6. The van der Waals surface area contributed by atoms with E-state index >= 15 is 0 Å². The second-order valence-corrected chi connectivity index (χ2v) is 5.99. The molecule has 2 aromatic carbocycles. The number of hydrogen-bond donors (Lipinski definition) is 1. The molecule has 0 bridgehead atoms. The average Bonchev–Trinajstić information content (AvgIpc) is 2.67. The highest BCUT2D eigenvalue weighted by Crippen LogP contribution is 2.16. The number of nitrogens with zero attached hydrogens (tertiary/aromatic N) is 1. The van der Waals surface area contributed by atoms with Gasteiger partial charge in [0.05, 0.1) is 20.1 Å². The Morgan fingerprint density at radius 1 is 1.11 bits per heavy atom. The van der Waals surface area contributed by atoms with Crippen molar-refractivity contribution in [3.63, 3.8) is 0 Å². The summed E-state index contributed by atoms with van der Waals surface area (Å²) in [6.45, 7) is -0.686. The van der Waals surface area contributed by atoms with Gasteiger partial charge in [0, 0.05) is 18.8 Å². The molecule has 2 rings (SSSR count). The lowest BCUT2D eigenvalue weighted by atomic mass is 10.1. The van der Waals surface area contributed by atoms with Crippen LogP contribution in [0.25, 0.3) is 0 Å². The van der Waals surface area contributed by atoms with Crippen LogP contribution in [-0.4, -0.2) is 50.0 Å². The van der Waals surface area contributed by atoms with Crippen LogP contribution in [-0.2, 0) is 25.5 Å². The van der Waals surface area contributed by atoms with E-state index in [0.29, 0.717) is 17.0 Å². The number of likely N-dealkylation sites (N-methyl/N-ethyl adjacent to an activating group) is 1. The lowest BCUT2D eigenvalue weighted by Gasteiger charge is -2.17. The molecule has 2 amide bonds. The molecular weight excluding hydrogens is 367 g/mol. The van der Waals surface area contributed by atoms with E-state index < -0.39 is 30.2 Å². The molecule has 0 saturated heterocycles. The Hall–Kier alpha value is -3.42. The van der Waals surface area contributed by atoms with E-state index in [4.69, 9.17) is 9.47 Å². The number of halogens is 1. The fourth-order valence-electron chi connectivity index (χ4n) is 2.28. The lowest BCUT2D eigenvalue weighted by molar-refractivity contribution is -0.151. The molecule has 0 aromatic heterocycles. The molecule has 8 heteroatoms. The Kier molecular flexibility index (Phi) is 7.50. The predicted octanol–water partition coefficient (Wildman–Crippen LogP) is 2.02. The second-order valence-electron chi connectivity index (χ2n) is 5.99. The van der Waals surface area contributed by atoms with Crippen LogP contribution in [0, 0.1) is 5.82 Å². The van der Waals surface area contributed by atoms with Crippen LogP contribution < -0.4 is 10.1 Å². The molecule has 0 saturated carbocycles. The van der Waals surface area contributed by atoms with E-state index in [0.717, 1.165) is 4.90 Å². The molecule has 0 aliphatic rings. The Morgan fingerprint density at radius 2 is 1.82 bits per heavy atom. The molecule has 28 heavy (non-hydrogen) atoms. The molecule has 1 N–H and O–H groups in total. The summed E-state index contributed by atoms with van der Waals surface area (Å²) in [6.07, 6.45) is -0.0758. The summed E-state index contributed by atoms with van der Waals surface area (Å²) in [4.78, 5) is 37.0. The van der Waals surface area contributed by atoms with Crippen LogP contribution in [0.1, 0.15) is 5.56 Å². The van der Waals surface area contributed by atoms with E-state index in [1.54, 1.807) is 24.3 Å². The van der Waals surface area contributed by atoms with Gasteiger partial charge < -0.3 is 19.7 Å². The maximum absolute atomic E-state index is 12.8. The van der Waals surface area contributed by atoms with Crippen molar-refractivity contribution in [3.8, 4) is 5.75 Å². The fraction of sp³-hybridized carbons (Fsp3) is 0.250. The third-order valence-electron chi connectivity index (χ3n) is 3.78. The van der Waals surface area contributed by atoms with Gasteiger partial charge >= 0.3 is 5.97 Å². The van der Waals surface area contributed by atoms with E-state index in [2.05, 4.69) is 5.32 Å². The van der Waals surface area contributed by atoms with Crippen LogP contribution >= 0.6 is 0 Å². The number of esters is 1. The molecule has 0 spiro atoms. The van der Waals surface area contributed by atoms with Crippen molar-refractivity contribution in [2.45, 2.75) is 6.42 Å². The average molecular weight is 388 g/mol. The number of benzene rings is 2. The zero-order valence-electron chi connectivity index (χ0n) is 15.6. The minimum atomic E-state index is -0.616. The van der Waals surface area contributed by atoms with Crippen LogP contribution in [0.2, 0.25) is 0 Å². The number of nitrogens with one attached hydrogen (secondary N) is 1. The maximum Gasteiger partial charge on any atom is 0.310 e. The lowest BCUT2D eigenvalue weighted by Crippen LogP contribution is -2.37. The maximum atomic E-state index is 12.8. The summed E-state index contributed by atoms with van der Waals surface area (Å²) in [7, 11) is 2.95. The monoisotopic (exact) mass is 388 g/mol. The van der Waals surface area contributed by atoms with Crippen molar-refractivity contribution < 1.29 is 28.2 Å². The number of methoxy groups -OCH3 is 1. The predicted molar refractivity (Wildman–Crippen MR) is 100 cm³/mol. The van der Waals surface area contributed by atoms with Gasteiger partial charge in [-0.15, -0.1) is 0 Å². The zero-order chi connectivity index (χ0) is 20.5. The molecular formula is C20H21FN2O5. The number of carbonyl (C=O) groups is 3. The van der Waals surface area contributed by atoms with Crippen molar-refractivity contribution in [1.29, 1.82) is 0 Å². The third kappa shape index (κ3) is 6.71. The van der Waals surface area contributed by atoms with Crippen molar-refractivity contribution in [1.82, 2.24) is 4.90 Å². The van der Waals surface area contributed by atoms with Crippen molar-refractivity contribution >= 4 is 23.5 Å². The molecule has 148 valence electrons. The van der Waals surface area contributed by atoms with Gasteiger partial charge in [0.25, 0.3) is 5.91 Å². The quantitative estimate of drug-likeness (QED) is 0.700. The van der Waals surface area contributed by atoms with E-state index in [1.165, 1.54) is 38.4 Å². The fourth-order valence-corrected chi connectivity index (χ4v) is 2.28. The van der Waals surface area contributed by atoms with Gasteiger partial charge in [-0.2, -0.15) is 0 Å². The number of hydrogen-bond acceptors (Lipinski definition) is 5. The van der Waals surface area contributed by atoms with Gasteiger partial charge in [0.1, 0.15) is 11.6 Å².